The lowest BCUT2D eigenvalue weighted by Crippen LogP contribution is -2.25. The topological polar surface area (TPSA) is 12.4 Å². The Morgan fingerprint density at radius 3 is 1.03 bits per heavy atom. The molecule has 5 aromatic carbocycles. The van der Waals surface area contributed by atoms with Gasteiger partial charge in [0.1, 0.15) is 0 Å². The Morgan fingerprint density at radius 2 is 0.706 bits per heavy atom. The predicted molar refractivity (Wildman–Crippen MR) is 148 cm³/mol. The van der Waals surface area contributed by atoms with Gasteiger partial charge < -0.3 is 0 Å². The molecule has 0 aliphatic carbocycles. The van der Waals surface area contributed by atoms with Crippen LogP contribution in [0.3, 0.4) is 0 Å². The molecular formula is C32H26NP. The first-order valence-electron chi connectivity index (χ1n) is 11.5. The summed E-state index contributed by atoms with van der Waals surface area (Å²) in [6, 6.07) is 53.3. The van der Waals surface area contributed by atoms with Crippen molar-refractivity contribution in [1.82, 2.24) is 0 Å². The van der Waals surface area contributed by atoms with E-state index in [-0.39, 0.29) is 0 Å². The van der Waals surface area contributed by atoms with Crippen molar-refractivity contribution in [2.45, 2.75) is 0 Å². The summed E-state index contributed by atoms with van der Waals surface area (Å²) in [4.78, 5) is 0. The Morgan fingerprint density at radius 1 is 0.412 bits per heavy atom. The van der Waals surface area contributed by atoms with Gasteiger partial charge >= 0.3 is 0 Å². The maximum atomic E-state index is 5.57. The second-order valence-electron chi connectivity index (χ2n) is 8.03. The van der Waals surface area contributed by atoms with Crippen molar-refractivity contribution >= 4 is 28.5 Å². The van der Waals surface area contributed by atoms with E-state index in [2.05, 4.69) is 158 Å². The minimum atomic E-state index is -2.30. The summed E-state index contributed by atoms with van der Waals surface area (Å²) in [6.45, 7) is 0. The van der Waals surface area contributed by atoms with Crippen LogP contribution in [0.2, 0.25) is 0 Å². The van der Waals surface area contributed by atoms with Gasteiger partial charge in [-0.3, -0.25) is 4.74 Å². The standard InChI is InChI=1S/C32H26NP/c1-6-16-27(17-7-1)32(28-18-8-2-9-19-28)26-33-34(29-20-10-3-11-21-29,30-22-12-4-13-23-30)31-24-14-5-15-25-31/h1-26H. The number of benzene rings is 5. The average molecular weight is 456 g/mol. The fourth-order valence-electron chi connectivity index (χ4n) is 4.27. The fourth-order valence-corrected chi connectivity index (χ4v) is 7.67. The van der Waals surface area contributed by atoms with Crippen LogP contribution >= 0.6 is 7.05 Å². The second-order valence-corrected chi connectivity index (χ2v) is 11.1. The van der Waals surface area contributed by atoms with Crippen LogP contribution < -0.4 is 15.9 Å². The van der Waals surface area contributed by atoms with Gasteiger partial charge in [-0.25, -0.2) is 0 Å². The molecule has 34 heavy (non-hydrogen) atoms. The minimum absolute atomic E-state index is 1.12. The molecule has 0 N–H and O–H groups in total. The van der Waals surface area contributed by atoms with E-state index >= 15 is 0 Å². The smallest absolute Gasteiger partial charge is 0.0604 e. The summed E-state index contributed by atoms with van der Waals surface area (Å²) in [6.07, 6.45) is 2.10. The zero-order chi connectivity index (χ0) is 23.1. The average Bonchev–Trinajstić information content (AvgIpc) is 2.94. The first kappa shape index (κ1) is 21.9. The first-order valence-corrected chi connectivity index (χ1v) is 13.2. The van der Waals surface area contributed by atoms with E-state index < -0.39 is 7.05 Å². The molecule has 0 unspecified atom stereocenters. The van der Waals surface area contributed by atoms with Crippen LogP contribution in [0.15, 0.2) is 163 Å². The minimum Gasteiger partial charge on any atom is -0.261 e. The highest BCUT2D eigenvalue weighted by atomic mass is 31.2. The summed E-state index contributed by atoms with van der Waals surface area (Å²) in [7, 11) is -2.30. The van der Waals surface area contributed by atoms with Crippen LogP contribution in [-0.4, -0.2) is 0 Å². The SMILES string of the molecule is C(N=P(c1ccccc1)(c1ccccc1)c1ccccc1)=C(c1ccccc1)c1ccccc1. The number of hydrogen-bond donors (Lipinski definition) is 0. The second kappa shape index (κ2) is 10.3. The van der Waals surface area contributed by atoms with Gasteiger partial charge in [0.15, 0.2) is 0 Å². The Balaban J connectivity index is 1.86. The largest absolute Gasteiger partial charge is 0.261 e. The van der Waals surface area contributed by atoms with Crippen molar-refractivity contribution < 1.29 is 0 Å². The van der Waals surface area contributed by atoms with Crippen LogP contribution in [0.5, 0.6) is 0 Å². The number of rotatable bonds is 6. The summed E-state index contributed by atoms with van der Waals surface area (Å²) in [5.74, 6) is 0. The lowest BCUT2D eigenvalue weighted by atomic mass is 9.99. The Hall–Kier alpha value is -3.93. The molecule has 5 aromatic rings. The zero-order valence-electron chi connectivity index (χ0n) is 18.9. The molecule has 2 heteroatoms. The van der Waals surface area contributed by atoms with Gasteiger partial charge in [-0.2, -0.15) is 0 Å². The highest BCUT2D eigenvalue weighted by molar-refractivity contribution is 7.87. The Bertz CT molecular complexity index is 1260. The molecule has 164 valence electrons. The van der Waals surface area contributed by atoms with Gasteiger partial charge in [0.05, 0.1) is 7.05 Å². The lowest BCUT2D eigenvalue weighted by molar-refractivity contribution is 1.50. The van der Waals surface area contributed by atoms with Gasteiger partial charge in [0, 0.05) is 27.7 Å². The Labute approximate surface area is 202 Å². The summed E-state index contributed by atoms with van der Waals surface area (Å²) < 4.78 is 5.57. The molecule has 0 atom stereocenters. The maximum absolute atomic E-state index is 5.57. The third kappa shape index (κ3) is 4.44. The van der Waals surface area contributed by atoms with E-state index in [9.17, 15) is 0 Å². The molecule has 0 aliphatic rings. The van der Waals surface area contributed by atoms with E-state index in [0.29, 0.717) is 0 Å². The third-order valence-electron chi connectivity index (χ3n) is 5.92. The zero-order valence-corrected chi connectivity index (χ0v) is 19.8. The molecule has 0 bridgehead atoms. The molecule has 1 nitrogen and oxygen atoms in total. The van der Waals surface area contributed by atoms with Gasteiger partial charge in [0.25, 0.3) is 0 Å². The summed E-state index contributed by atoms with van der Waals surface area (Å²) in [5.41, 5.74) is 3.43. The van der Waals surface area contributed by atoms with E-state index in [4.69, 9.17) is 4.74 Å². The lowest BCUT2D eigenvalue weighted by Gasteiger charge is -2.26. The van der Waals surface area contributed by atoms with Crippen molar-refractivity contribution in [2.24, 2.45) is 4.74 Å². The predicted octanol–water partition coefficient (Wildman–Crippen LogP) is 7.25. The van der Waals surface area contributed by atoms with Gasteiger partial charge in [-0.05, 0) is 11.1 Å². The van der Waals surface area contributed by atoms with Crippen molar-refractivity contribution in [1.29, 1.82) is 0 Å². The molecule has 0 saturated heterocycles. The summed E-state index contributed by atoms with van der Waals surface area (Å²) in [5, 5.41) is 3.72. The van der Waals surface area contributed by atoms with E-state index in [0.717, 1.165) is 16.7 Å². The van der Waals surface area contributed by atoms with E-state index in [1.807, 2.05) is 0 Å². The van der Waals surface area contributed by atoms with E-state index in [1.54, 1.807) is 0 Å². The molecule has 0 radical (unpaired) electrons. The van der Waals surface area contributed by atoms with Crippen molar-refractivity contribution in [3.63, 3.8) is 0 Å². The molecular weight excluding hydrogens is 429 g/mol. The van der Waals surface area contributed by atoms with Crippen LogP contribution in [0, 0.1) is 0 Å². The highest BCUT2D eigenvalue weighted by Crippen LogP contribution is 2.47. The van der Waals surface area contributed by atoms with Crippen LogP contribution in [0.25, 0.3) is 5.57 Å². The highest BCUT2D eigenvalue weighted by Gasteiger charge is 2.26. The quantitative estimate of drug-likeness (QED) is 0.239. The van der Waals surface area contributed by atoms with Crippen molar-refractivity contribution in [3.8, 4) is 0 Å². The molecule has 0 saturated carbocycles. The molecule has 0 amide bonds. The first-order chi connectivity index (χ1) is 16.9. The van der Waals surface area contributed by atoms with Crippen LogP contribution in [0.1, 0.15) is 11.1 Å². The molecule has 0 fully saturated rings. The molecule has 0 aliphatic heterocycles. The van der Waals surface area contributed by atoms with Crippen LogP contribution in [-0.2, 0) is 0 Å². The molecule has 0 spiro atoms. The van der Waals surface area contributed by atoms with Crippen molar-refractivity contribution in [2.75, 3.05) is 0 Å². The van der Waals surface area contributed by atoms with E-state index in [1.165, 1.54) is 15.9 Å². The molecule has 0 aromatic heterocycles. The molecule has 5 rings (SSSR count). The van der Waals surface area contributed by atoms with Gasteiger partial charge in [-0.15, -0.1) is 0 Å². The van der Waals surface area contributed by atoms with Gasteiger partial charge in [0.2, 0.25) is 0 Å². The van der Waals surface area contributed by atoms with Crippen LogP contribution in [0.4, 0.5) is 0 Å². The third-order valence-corrected chi connectivity index (χ3v) is 9.52. The monoisotopic (exact) mass is 455 g/mol. The fraction of sp³-hybridized carbons (Fsp3) is 0. The maximum Gasteiger partial charge on any atom is 0.0604 e. The Kier molecular flexibility index (Phi) is 6.66. The van der Waals surface area contributed by atoms with Gasteiger partial charge in [-0.1, -0.05) is 152 Å². The number of hydrogen-bond acceptors (Lipinski definition) is 1. The van der Waals surface area contributed by atoms with Crippen molar-refractivity contribution in [3.05, 3.63) is 169 Å². The summed E-state index contributed by atoms with van der Waals surface area (Å²) >= 11 is 0. The normalized spacial score (nSPS) is 10.9. The number of nitrogens with zero attached hydrogens (tertiary/aromatic N) is 1. The molecule has 0 heterocycles.